The third-order valence-corrected chi connectivity index (χ3v) is 4.17. The van der Waals surface area contributed by atoms with Crippen molar-refractivity contribution in [2.24, 2.45) is 13.0 Å². The fourth-order valence-electron chi connectivity index (χ4n) is 2.48. The van der Waals surface area contributed by atoms with Crippen LogP contribution in [0.3, 0.4) is 0 Å². The molecule has 0 fully saturated rings. The number of benzene rings is 1. The average molecular weight is 413 g/mol. The van der Waals surface area contributed by atoms with Gasteiger partial charge < -0.3 is 9.84 Å². The van der Waals surface area contributed by atoms with Crippen molar-refractivity contribution in [3.63, 3.8) is 0 Å². The molecule has 0 saturated heterocycles. The number of carbonyl (C=O) groups is 1. The Bertz CT molecular complexity index is 851. The van der Waals surface area contributed by atoms with E-state index in [1.807, 2.05) is 0 Å². The third kappa shape index (κ3) is 4.68. The second kappa shape index (κ2) is 7.71. The van der Waals surface area contributed by atoms with Gasteiger partial charge in [0.2, 0.25) is 0 Å². The molecular weight excluding hydrogens is 399 g/mol. The maximum Gasteiger partial charge on any atom is 0.391 e. The quantitative estimate of drug-likeness (QED) is 0.693. The number of hydrogen-bond acceptors (Lipinski definition) is 3. The highest BCUT2D eigenvalue weighted by molar-refractivity contribution is 6.35. The molecule has 1 N–H and O–H groups in total. The number of aryl methyl sites for hydroxylation is 1. The van der Waals surface area contributed by atoms with Gasteiger partial charge in [-0.1, -0.05) is 24.6 Å². The lowest BCUT2D eigenvalue weighted by atomic mass is 9.98. The van der Waals surface area contributed by atoms with E-state index in [9.17, 15) is 26.7 Å². The van der Waals surface area contributed by atoms with Crippen LogP contribution in [0.4, 0.5) is 22.0 Å². The van der Waals surface area contributed by atoms with Crippen LogP contribution in [0.5, 0.6) is 5.75 Å². The van der Waals surface area contributed by atoms with Crippen molar-refractivity contribution in [2.75, 3.05) is 0 Å². The summed E-state index contributed by atoms with van der Waals surface area (Å²) >= 11 is 6.00. The summed E-state index contributed by atoms with van der Waals surface area (Å²) in [5, 5.41) is 12.5. The lowest BCUT2D eigenvalue weighted by Crippen LogP contribution is -2.21. The molecule has 11 heteroatoms. The number of alkyl halides is 5. The minimum absolute atomic E-state index is 0.0138. The molecule has 0 aliphatic carbocycles. The second-order valence-corrected chi connectivity index (χ2v) is 6.17. The van der Waals surface area contributed by atoms with E-state index in [1.54, 1.807) is 0 Å². The van der Waals surface area contributed by atoms with Gasteiger partial charge in [0.1, 0.15) is 10.8 Å². The highest BCUT2D eigenvalue weighted by Crippen LogP contribution is 2.38. The number of carboxylic acid groups (broad SMARTS) is 1. The van der Waals surface area contributed by atoms with E-state index in [0.717, 1.165) is 17.7 Å². The van der Waals surface area contributed by atoms with Crippen LogP contribution in [0.25, 0.3) is 11.3 Å². The molecular formula is C16H14ClF5N2O3. The Morgan fingerprint density at radius 1 is 1.37 bits per heavy atom. The summed E-state index contributed by atoms with van der Waals surface area (Å²) < 4.78 is 69.3. The third-order valence-electron chi connectivity index (χ3n) is 3.81. The summed E-state index contributed by atoms with van der Waals surface area (Å²) in [5.41, 5.74) is -0.408. The zero-order valence-corrected chi connectivity index (χ0v) is 14.8. The summed E-state index contributed by atoms with van der Waals surface area (Å²) in [4.78, 5) is 11.1. The summed E-state index contributed by atoms with van der Waals surface area (Å²) in [6, 6.07) is 3.60. The van der Waals surface area contributed by atoms with Crippen molar-refractivity contribution < 1.29 is 36.6 Å². The fourth-order valence-corrected chi connectivity index (χ4v) is 2.82. The first-order valence-electron chi connectivity index (χ1n) is 7.52. The zero-order valence-electron chi connectivity index (χ0n) is 14.0. The smallest absolute Gasteiger partial charge is 0.391 e. The maximum absolute atomic E-state index is 12.8. The van der Waals surface area contributed by atoms with Crippen molar-refractivity contribution >= 4 is 17.6 Å². The Hall–Kier alpha value is -2.36. The van der Waals surface area contributed by atoms with Gasteiger partial charge in [-0.3, -0.25) is 4.68 Å². The summed E-state index contributed by atoms with van der Waals surface area (Å²) in [5.74, 6) is -3.55. The Balaban J connectivity index is 2.53. The summed E-state index contributed by atoms with van der Waals surface area (Å²) in [6.07, 6.45) is -4.88. The highest BCUT2D eigenvalue weighted by Gasteiger charge is 2.36. The van der Waals surface area contributed by atoms with Gasteiger partial charge in [-0.05, 0) is 24.1 Å². The first-order chi connectivity index (χ1) is 12.4. The Labute approximate surface area is 155 Å². The number of ether oxygens (including phenoxy) is 1. The van der Waals surface area contributed by atoms with Crippen LogP contribution in [0.2, 0.25) is 5.02 Å². The van der Waals surface area contributed by atoms with Gasteiger partial charge in [-0.2, -0.15) is 27.1 Å². The molecule has 5 nitrogen and oxygen atoms in total. The van der Waals surface area contributed by atoms with E-state index in [0.29, 0.717) is 0 Å². The fraction of sp³-hybridized carbons (Fsp3) is 0.375. The number of carboxylic acids is 1. The Morgan fingerprint density at radius 3 is 2.48 bits per heavy atom. The standard InChI is InChI=1S/C16H14ClF5N2O3/c1-7(16(20,21)22)5-8-3-4-9(10(6-8)27-15(18)19)13-11(17)12(14(25)26)23-24(13)2/h3-4,6-7,15H,5H2,1-2H3,(H,25,26). The van der Waals surface area contributed by atoms with Gasteiger partial charge in [0.25, 0.3) is 0 Å². The molecule has 0 aliphatic rings. The van der Waals surface area contributed by atoms with Gasteiger partial charge in [0.15, 0.2) is 5.69 Å². The van der Waals surface area contributed by atoms with Gasteiger partial charge in [0, 0.05) is 12.6 Å². The van der Waals surface area contributed by atoms with Crippen LogP contribution in [0.1, 0.15) is 23.0 Å². The molecule has 1 aromatic heterocycles. The molecule has 1 unspecified atom stereocenters. The van der Waals surface area contributed by atoms with Crippen LogP contribution in [-0.4, -0.2) is 33.6 Å². The van der Waals surface area contributed by atoms with E-state index in [1.165, 1.54) is 19.2 Å². The molecule has 148 valence electrons. The molecule has 2 aromatic rings. The summed E-state index contributed by atoms with van der Waals surface area (Å²) in [7, 11) is 1.35. The first-order valence-corrected chi connectivity index (χ1v) is 7.90. The lowest BCUT2D eigenvalue weighted by Gasteiger charge is -2.17. The molecule has 2 rings (SSSR count). The van der Waals surface area contributed by atoms with Crippen LogP contribution in [0.15, 0.2) is 18.2 Å². The highest BCUT2D eigenvalue weighted by atomic mass is 35.5. The van der Waals surface area contributed by atoms with E-state index >= 15 is 0 Å². The van der Waals surface area contributed by atoms with Gasteiger partial charge in [-0.15, -0.1) is 0 Å². The largest absolute Gasteiger partial charge is 0.476 e. The van der Waals surface area contributed by atoms with E-state index in [2.05, 4.69) is 9.84 Å². The topological polar surface area (TPSA) is 64.3 Å². The van der Waals surface area contributed by atoms with Gasteiger partial charge in [0.05, 0.1) is 11.6 Å². The van der Waals surface area contributed by atoms with Crippen molar-refractivity contribution in [1.29, 1.82) is 0 Å². The van der Waals surface area contributed by atoms with Gasteiger partial charge >= 0.3 is 18.8 Å². The normalized spacial score (nSPS) is 13.1. The van der Waals surface area contributed by atoms with Crippen molar-refractivity contribution in [3.8, 4) is 17.0 Å². The Kier molecular flexibility index (Phi) is 5.98. The molecule has 0 spiro atoms. The molecule has 0 aliphatic heterocycles. The number of hydrogen-bond donors (Lipinski definition) is 1. The predicted octanol–water partition coefficient (Wildman–Crippen LogP) is 4.78. The molecule has 0 saturated carbocycles. The van der Waals surface area contributed by atoms with Crippen molar-refractivity contribution in [2.45, 2.75) is 26.1 Å². The van der Waals surface area contributed by atoms with E-state index in [4.69, 9.17) is 16.7 Å². The van der Waals surface area contributed by atoms with Gasteiger partial charge in [-0.25, -0.2) is 4.79 Å². The van der Waals surface area contributed by atoms with Crippen LogP contribution >= 0.6 is 11.6 Å². The van der Waals surface area contributed by atoms with E-state index < -0.39 is 42.5 Å². The minimum Gasteiger partial charge on any atom is -0.476 e. The van der Waals surface area contributed by atoms with Crippen LogP contribution < -0.4 is 4.74 Å². The number of aromatic nitrogens is 2. The molecule has 1 aromatic carbocycles. The molecule has 27 heavy (non-hydrogen) atoms. The zero-order chi connectivity index (χ0) is 20.5. The molecule has 1 heterocycles. The number of rotatable bonds is 6. The number of aromatic carboxylic acids is 1. The minimum atomic E-state index is -4.44. The first kappa shape index (κ1) is 20.9. The Morgan fingerprint density at radius 2 is 2.00 bits per heavy atom. The van der Waals surface area contributed by atoms with Crippen LogP contribution in [-0.2, 0) is 13.5 Å². The monoisotopic (exact) mass is 412 g/mol. The van der Waals surface area contributed by atoms with Crippen molar-refractivity contribution in [3.05, 3.63) is 34.5 Å². The van der Waals surface area contributed by atoms with Crippen LogP contribution in [0, 0.1) is 5.92 Å². The lowest BCUT2D eigenvalue weighted by molar-refractivity contribution is -0.169. The molecule has 0 radical (unpaired) electrons. The average Bonchev–Trinajstić information content (AvgIpc) is 2.81. The molecule has 0 amide bonds. The second-order valence-electron chi connectivity index (χ2n) is 5.80. The maximum atomic E-state index is 12.8. The predicted molar refractivity (Wildman–Crippen MR) is 86.2 cm³/mol. The van der Waals surface area contributed by atoms with Crippen molar-refractivity contribution in [1.82, 2.24) is 9.78 Å². The van der Waals surface area contributed by atoms with E-state index in [-0.39, 0.29) is 21.8 Å². The SMILES string of the molecule is CC(Cc1ccc(-c2c(Cl)c(C(=O)O)nn2C)c(OC(F)F)c1)C(F)(F)F. The number of halogens is 6. The summed E-state index contributed by atoms with van der Waals surface area (Å²) in [6.45, 7) is -2.27. The molecule has 1 atom stereocenters. The number of nitrogens with zero attached hydrogens (tertiary/aromatic N) is 2. The molecule has 0 bridgehead atoms.